The fraction of sp³-hybridized carbons (Fsp3) is 0.571. The van der Waals surface area contributed by atoms with Crippen LogP contribution in [0.25, 0.3) is 0 Å². The van der Waals surface area contributed by atoms with Crippen LogP contribution in [0.3, 0.4) is 0 Å². The lowest BCUT2D eigenvalue weighted by molar-refractivity contribution is 0.118. The molecule has 0 bridgehead atoms. The molecule has 0 aromatic heterocycles. The van der Waals surface area contributed by atoms with Crippen molar-refractivity contribution in [3.05, 3.63) is 34.6 Å². The van der Waals surface area contributed by atoms with Gasteiger partial charge in [-0.05, 0) is 37.1 Å². The van der Waals surface area contributed by atoms with Crippen LogP contribution in [0.1, 0.15) is 31.2 Å². The second-order valence-corrected chi connectivity index (χ2v) is 5.31. The highest BCUT2D eigenvalue weighted by molar-refractivity contribution is 6.30. The SMILES string of the molecule is OCC1CCCCCN1Cc1ccc(Cl)c(F)c1. The van der Waals surface area contributed by atoms with Gasteiger partial charge in [-0.15, -0.1) is 0 Å². The zero-order valence-corrected chi connectivity index (χ0v) is 11.2. The second-order valence-electron chi connectivity index (χ2n) is 4.90. The molecule has 2 nitrogen and oxygen atoms in total. The Kier molecular flexibility index (Phi) is 4.98. The molecule has 0 saturated carbocycles. The maximum Gasteiger partial charge on any atom is 0.142 e. The van der Waals surface area contributed by atoms with E-state index in [1.807, 2.05) is 6.07 Å². The Morgan fingerprint density at radius 2 is 2.17 bits per heavy atom. The molecule has 1 fully saturated rings. The van der Waals surface area contributed by atoms with Crippen molar-refractivity contribution in [1.82, 2.24) is 4.90 Å². The van der Waals surface area contributed by atoms with Gasteiger partial charge in [0.1, 0.15) is 5.82 Å². The summed E-state index contributed by atoms with van der Waals surface area (Å²) in [6, 6.07) is 5.14. The lowest BCUT2D eigenvalue weighted by Crippen LogP contribution is -2.36. The van der Waals surface area contributed by atoms with E-state index in [4.69, 9.17) is 11.6 Å². The van der Waals surface area contributed by atoms with Gasteiger partial charge in [0.25, 0.3) is 0 Å². The minimum atomic E-state index is -0.371. The third-order valence-electron chi connectivity index (χ3n) is 3.58. The Hall–Kier alpha value is -0.640. The molecule has 4 heteroatoms. The first-order valence-corrected chi connectivity index (χ1v) is 6.87. The first-order valence-electron chi connectivity index (χ1n) is 6.49. The van der Waals surface area contributed by atoms with Crippen molar-refractivity contribution in [2.75, 3.05) is 13.2 Å². The van der Waals surface area contributed by atoms with Gasteiger partial charge in [-0.1, -0.05) is 30.5 Å². The van der Waals surface area contributed by atoms with Crippen molar-refractivity contribution in [3.8, 4) is 0 Å². The molecule has 0 radical (unpaired) electrons. The van der Waals surface area contributed by atoms with Crippen LogP contribution in [0.5, 0.6) is 0 Å². The summed E-state index contributed by atoms with van der Waals surface area (Å²) in [5, 5.41) is 9.59. The minimum Gasteiger partial charge on any atom is -0.395 e. The summed E-state index contributed by atoms with van der Waals surface area (Å²) < 4.78 is 13.4. The highest BCUT2D eigenvalue weighted by atomic mass is 35.5. The van der Waals surface area contributed by atoms with Crippen LogP contribution in [0.4, 0.5) is 4.39 Å². The molecule has 18 heavy (non-hydrogen) atoms. The van der Waals surface area contributed by atoms with Crippen molar-refractivity contribution >= 4 is 11.6 Å². The molecule has 2 rings (SSSR count). The Morgan fingerprint density at radius 1 is 1.33 bits per heavy atom. The fourth-order valence-electron chi connectivity index (χ4n) is 2.52. The predicted molar refractivity (Wildman–Crippen MR) is 71.2 cm³/mol. The quantitative estimate of drug-likeness (QED) is 0.912. The standard InChI is InChI=1S/C14H19ClFNO/c15-13-6-5-11(8-14(13)16)9-17-7-3-1-2-4-12(17)10-18/h5-6,8,12,18H,1-4,7,9-10H2. The molecular formula is C14H19ClFNO. The van der Waals surface area contributed by atoms with E-state index >= 15 is 0 Å². The van der Waals surface area contributed by atoms with E-state index in [0.29, 0.717) is 6.54 Å². The zero-order valence-electron chi connectivity index (χ0n) is 10.4. The van der Waals surface area contributed by atoms with Crippen LogP contribution in [-0.4, -0.2) is 29.2 Å². The Morgan fingerprint density at radius 3 is 2.89 bits per heavy atom. The van der Waals surface area contributed by atoms with Gasteiger partial charge in [-0.25, -0.2) is 4.39 Å². The number of rotatable bonds is 3. The Labute approximate surface area is 112 Å². The summed E-state index contributed by atoms with van der Waals surface area (Å²) in [7, 11) is 0. The summed E-state index contributed by atoms with van der Waals surface area (Å²) in [5.74, 6) is -0.371. The topological polar surface area (TPSA) is 23.5 Å². The van der Waals surface area contributed by atoms with Gasteiger partial charge in [0, 0.05) is 12.6 Å². The molecule has 100 valence electrons. The van der Waals surface area contributed by atoms with Crippen LogP contribution >= 0.6 is 11.6 Å². The molecule has 0 amide bonds. The van der Waals surface area contributed by atoms with Crippen LogP contribution < -0.4 is 0 Å². The average molecular weight is 272 g/mol. The summed E-state index contributed by atoms with van der Waals surface area (Å²) >= 11 is 5.68. The number of nitrogens with zero attached hydrogens (tertiary/aromatic N) is 1. The summed E-state index contributed by atoms with van der Waals surface area (Å²) in [4.78, 5) is 2.25. The van der Waals surface area contributed by atoms with E-state index in [0.717, 1.165) is 31.4 Å². The molecule has 1 aliphatic rings. The lowest BCUT2D eigenvalue weighted by atomic mass is 10.1. The van der Waals surface area contributed by atoms with Gasteiger partial charge in [0.05, 0.1) is 11.6 Å². The number of halogens is 2. The molecule has 0 aliphatic carbocycles. The third kappa shape index (κ3) is 3.44. The maximum absolute atomic E-state index is 13.4. The fourth-order valence-corrected chi connectivity index (χ4v) is 2.64. The second kappa shape index (κ2) is 6.50. The molecule has 1 atom stereocenters. The molecular weight excluding hydrogens is 253 g/mol. The van der Waals surface area contributed by atoms with Gasteiger partial charge < -0.3 is 5.11 Å². The maximum atomic E-state index is 13.4. The van der Waals surface area contributed by atoms with Crippen molar-refractivity contribution in [3.63, 3.8) is 0 Å². The summed E-state index contributed by atoms with van der Waals surface area (Å²) in [5.41, 5.74) is 0.914. The van der Waals surface area contributed by atoms with Gasteiger partial charge in [-0.2, -0.15) is 0 Å². The van der Waals surface area contributed by atoms with Crippen molar-refractivity contribution in [2.45, 2.75) is 38.3 Å². The van der Waals surface area contributed by atoms with Crippen LogP contribution in [-0.2, 0) is 6.54 Å². The predicted octanol–water partition coefficient (Wildman–Crippen LogP) is 3.22. The van der Waals surface area contributed by atoms with Gasteiger partial charge >= 0.3 is 0 Å². The minimum absolute atomic E-state index is 0.160. The largest absolute Gasteiger partial charge is 0.395 e. The van der Waals surface area contributed by atoms with Gasteiger partial charge in [0.15, 0.2) is 0 Å². The van der Waals surface area contributed by atoms with E-state index in [2.05, 4.69) is 4.90 Å². The van der Waals surface area contributed by atoms with Crippen molar-refractivity contribution in [2.24, 2.45) is 0 Å². The number of aliphatic hydroxyl groups is 1. The number of likely N-dealkylation sites (tertiary alicyclic amines) is 1. The van der Waals surface area contributed by atoms with E-state index < -0.39 is 0 Å². The smallest absolute Gasteiger partial charge is 0.142 e. The van der Waals surface area contributed by atoms with Crippen LogP contribution in [0.15, 0.2) is 18.2 Å². The molecule has 1 aromatic rings. The highest BCUT2D eigenvalue weighted by Crippen LogP contribution is 2.21. The first kappa shape index (κ1) is 13.8. The van der Waals surface area contributed by atoms with E-state index in [1.165, 1.54) is 12.5 Å². The number of hydrogen-bond donors (Lipinski definition) is 1. The van der Waals surface area contributed by atoms with Gasteiger partial charge in [0.2, 0.25) is 0 Å². The Balaban J connectivity index is 2.07. The summed E-state index contributed by atoms with van der Waals surface area (Å²) in [6.07, 6.45) is 4.54. The molecule has 1 saturated heterocycles. The van der Waals surface area contributed by atoms with Crippen LogP contribution in [0, 0.1) is 5.82 Å². The van der Waals surface area contributed by atoms with Crippen molar-refractivity contribution in [1.29, 1.82) is 0 Å². The highest BCUT2D eigenvalue weighted by Gasteiger charge is 2.20. The number of benzene rings is 1. The van der Waals surface area contributed by atoms with Gasteiger partial charge in [-0.3, -0.25) is 4.90 Å². The first-order chi connectivity index (χ1) is 8.70. The van der Waals surface area contributed by atoms with E-state index in [-0.39, 0.29) is 23.5 Å². The summed E-state index contributed by atoms with van der Waals surface area (Å²) in [6.45, 7) is 1.82. The normalized spacial score (nSPS) is 21.8. The molecule has 1 N–H and O–H groups in total. The van der Waals surface area contributed by atoms with E-state index in [1.54, 1.807) is 6.07 Å². The molecule has 1 aromatic carbocycles. The third-order valence-corrected chi connectivity index (χ3v) is 3.89. The van der Waals surface area contributed by atoms with Crippen LogP contribution in [0.2, 0.25) is 5.02 Å². The monoisotopic (exact) mass is 271 g/mol. The average Bonchev–Trinajstić information content (AvgIpc) is 2.59. The lowest BCUT2D eigenvalue weighted by Gasteiger charge is -2.28. The van der Waals surface area contributed by atoms with Crippen molar-refractivity contribution < 1.29 is 9.50 Å². The van der Waals surface area contributed by atoms with E-state index in [9.17, 15) is 9.50 Å². The molecule has 1 aliphatic heterocycles. The molecule has 1 heterocycles. The zero-order chi connectivity index (χ0) is 13.0. The number of aliphatic hydroxyl groups excluding tert-OH is 1. The molecule has 1 unspecified atom stereocenters. The Bertz CT molecular complexity index is 399. The molecule has 0 spiro atoms. The number of hydrogen-bond acceptors (Lipinski definition) is 2.